The van der Waals surface area contributed by atoms with Crippen LogP contribution in [0.15, 0.2) is 24.3 Å². The fraction of sp³-hybridized carbons (Fsp3) is 0.562. The summed E-state index contributed by atoms with van der Waals surface area (Å²) in [5.74, 6) is 0.107. The molecule has 1 aliphatic rings. The predicted octanol–water partition coefficient (Wildman–Crippen LogP) is 1.03. The van der Waals surface area contributed by atoms with Crippen LogP contribution in [0, 0.1) is 0 Å². The van der Waals surface area contributed by atoms with E-state index >= 15 is 0 Å². The molecule has 2 atom stereocenters. The summed E-state index contributed by atoms with van der Waals surface area (Å²) < 4.78 is 0. The van der Waals surface area contributed by atoms with Gasteiger partial charge in [0.2, 0.25) is 5.91 Å². The summed E-state index contributed by atoms with van der Waals surface area (Å²) in [4.78, 5) is 14.3. The zero-order valence-corrected chi connectivity index (χ0v) is 12.2. The molecule has 0 spiro atoms. The van der Waals surface area contributed by atoms with Gasteiger partial charge in [-0.2, -0.15) is 0 Å². The van der Waals surface area contributed by atoms with E-state index in [2.05, 4.69) is 0 Å². The average Bonchev–Trinajstić information content (AvgIpc) is 2.73. The molecule has 116 valence electrons. The zero-order chi connectivity index (χ0) is 15.2. The molecule has 5 nitrogen and oxygen atoms in total. The molecule has 1 fully saturated rings. The first-order chi connectivity index (χ1) is 10.1. The fourth-order valence-electron chi connectivity index (χ4n) is 2.84. The molecule has 1 heterocycles. The molecule has 2 rings (SSSR count). The second-order valence-corrected chi connectivity index (χ2v) is 5.69. The number of amides is 1. The van der Waals surface area contributed by atoms with Crippen molar-refractivity contribution in [1.29, 1.82) is 0 Å². The molecule has 1 saturated heterocycles. The van der Waals surface area contributed by atoms with Crippen molar-refractivity contribution < 1.29 is 15.0 Å². The van der Waals surface area contributed by atoms with Crippen LogP contribution in [-0.2, 0) is 11.2 Å². The molecule has 0 radical (unpaired) electrons. The number of nitrogens with two attached hydrogens (primary N) is 1. The van der Waals surface area contributed by atoms with Gasteiger partial charge in [0.25, 0.3) is 0 Å². The Morgan fingerprint density at radius 2 is 2.00 bits per heavy atom. The van der Waals surface area contributed by atoms with Crippen molar-refractivity contribution in [3.05, 3.63) is 29.8 Å². The third-order valence-corrected chi connectivity index (χ3v) is 4.08. The van der Waals surface area contributed by atoms with Crippen LogP contribution in [0.4, 0.5) is 0 Å². The van der Waals surface area contributed by atoms with E-state index in [0.29, 0.717) is 13.0 Å². The smallest absolute Gasteiger partial charge is 0.240 e. The van der Waals surface area contributed by atoms with Crippen molar-refractivity contribution in [2.45, 2.75) is 44.2 Å². The largest absolute Gasteiger partial charge is 0.508 e. The number of hydrogen-bond donors (Lipinski definition) is 3. The van der Waals surface area contributed by atoms with Crippen LogP contribution in [0.3, 0.4) is 0 Å². The first-order valence-corrected chi connectivity index (χ1v) is 7.56. The monoisotopic (exact) mass is 292 g/mol. The highest BCUT2D eigenvalue weighted by Gasteiger charge is 2.28. The number of benzene rings is 1. The lowest BCUT2D eigenvalue weighted by Gasteiger charge is -2.31. The van der Waals surface area contributed by atoms with E-state index in [1.807, 2.05) is 0 Å². The van der Waals surface area contributed by atoms with Gasteiger partial charge in [0.15, 0.2) is 0 Å². The third kappa shape index (κ3) is 4.19. The Labute approximate surface area is 125 Å². The normalized spacial score (nSPS) is 20.9. The first-order valence-electron chi connectivity index (χ1n) is 7.56. The van der Waals surface area contributed by atoms with Gasteiger partial charge in [0, 0.05) is 6.54 Å². The summed E-state index contributed by atoms with van der Waals surface area (Å²) in [6.07, 6.45) is 4.38. The Morgan fingerprint density at radius 3 is 2.67 bits per heavy atom. The highest BCUT2D eigenvalue weighted by atomic mass is 16.3. The predicted molar refractivity (Wildman–Crippen MR) is 80.8 cm³/mol. The summed E-state index contributed by atoms with van der Waals surface area (Å²) >= 11 is 0. The molecule has 0 saturated carbocycles. The maximum atomic E-state index is 12.5. The van der Waals surface area contributed by atoms with Gasteiger partial charge in [-0.05, 0) is 37.0 Å². The van der Waals surface area contributed by atoms with Gasteiger partial charge in [-0.15, -0.1) is 0 Å². The molecule has 2 unspecified atom stereocenters. The Kier molecular flexibility index (Phi) is 5.59. The van der Waals surface area contributed by atoms with Crippen molar-refractivity contribution in [2.24, 2.45) is 5.73 Å². The number of aliphatic hydroxyl groups is 1. The maximum absolute atomic E-state index is 12.5. The van der Waals surface area contributed by atoms with E-state index in [0.717, 1.165) is 31.2 Å². The van der Waals surface area contributed by atoms with Gasteiger partial charge in [0.1, 0.15) is 5.75 Å². The SMILES string of the molecule is NC(Cc1ccc(O)cc1)C(=O)N1CCCCCC1CO. The number of phenols is 1. The first kappa shape index (κ1) is 15.8. The summed E-state index contributed by atoms with van der Waals surface area (Å²) in [6, 6.07) is 6.01. The third-order valence-electron chi connectivity index (χ3n) is 4.08. The van der Waals surface area contributed by atoms with E-state index in [1.165, 1.54) is 0 Å². The quantitative estimate of drug-likeness (QED) is 0.773. The number of carbonyl (C=O) groups excluding carboxylic acids is 1. The molecule has 1 amide bonds. The highest BCUT2D eigenvalue weighted by Crippen LogP contribution is 2.18. The van der Waals surface area contributed by atoms with E-state index in [4.69, 9.17) is 5.73 Å². The van der Waals surface area contributed by atoms with Crippen LogP contribution in [0.1, 0.15) is 31.2 Å². The standard InChI is InChI=1S/C16H24N2O3/c17-15(10-12-5-7-14(20)8-6-12)16(21)18-9-3-1-2-4-13(18)11-19/h5-8,13,15,19-20H,1-4,9-11,17H2. The van der Waals surface area contributed by atoms with Crippen LogP contribution in [0.2, 0.25) is 0 Å². The minimum absolute atomic E-state index is 0.00231. The number of carbonyl (C=O) groups is 1. The lowest BCUT2D eigenvalue weighted by molar-refractivity contribution is -0.135. The van der Waals surface area contributed by atoms with E-state index in [-0.39, 0.29) is 24.3 Å². The number of aromatic hydroxyl groups is 1. The number of phenolic OH excluding ortho intramolecular Hbond substituents is 1. The van der Waals surface area contributed by atoms with Crippen LogP contribution < -0.4 is 5.73 Å². The summed E-state index contributed by atoms with van der Waals surface area (Å²) in [6.45, 7) is 0.672. The van der Waals surface area contributed by atoms with E-state index in [1.54, 1.807) is 29.2 Å². The summed E-state index contributed by atoms with van der Waals surface area (Å²) in [5, 5.41) is 18.7. The lowest BCUT2D eigenvalue weighted by atomic mass is 10.0. The average molecular weight is 292 g/mol. The van der Waals surface area contributed by atoms with E-state index in [9.17, 15) is 15.0 Å². The molecule has 0 aromatic heterocycles. The highest BCUT2D eigenvalue weighted by molar-refractivity contribution is 5.82. The number of likely N-dealkylation sites (tertiary alicyclic amines) is 1. The Morgan fingerprint density at radius 1 is 1.29 bits per heavy atom. The zero-order valence-electron chi connectivity index (χ0n) is 12.2. The van der Waals surface area contributed by atoms with Crippen molar-refractivity contribution in [2.75, 3.05) is 13.2 Å². The van der Waals surface area contributed by atoms with E-state index < -0.39 is 6.04 Å². The molecule has 4 N–H and O–H groups in total. The number of hydrogen-bond acceptors (Lipinski definition) is 4. The van der Waals surface area contributed by atoms with Gasteiger partial charge >= 0.3 is 0 Å². The second-order valence-electron chi connectivity index (χ2n) is 5.69. The molecule has 1 aromatic rings. The Balaban J connectivity index is 2.01. The van der Waals surface area contributed by atoms with Gasteiger partial charge in [-0.25, -0.2) is 0 Å². The fourth-order valence-corrected chi connectivity index (χ4v) is 2.84. The van der Waals surface area contributed by atoms with Crippen molar-refractivity contribution >= 4 is 5.91 Å². The van der Waals surface area contributed by atoms with Crippen LogP contribution >= 0.6 is 0 Å². The minimum atomic E-state index is -0.610. The summed E-state index contributed by atoms with van der Waals surface area (Å²) in [5.41, 5.74) is 6.97. The molecule has 21 heavy (non-hydrogen) atoms. The van der Waals surface area contributed by atoms with Gasteiger partial charge in [-0.1, -0.05) is 25.0 Å². The molecule has 0 aliphatic carbocycles. The molecule has 5 heteroatoms. The lowest BCUT2D eigenvalue weighted by Crippen LogP contribution is -2.50. The number of aliphatic hydroxyl groups excluding tert-OH is 1. The Hall–Kier alpha value is -1.59. The molecule has 1 aliphatic heterocycles. The van der Waals surface area contributed by atoms with Gasteiger partial charge < -0.3 is 20.8 Å². The van der Waals surface area contributed by atoms with Crippen molar-refractivity contribution in [1.82, 2.24) is 4.90 Å². The topological polar surface area (TPSA) is 86.8 Å². The van der Waals surface area contributed by atoms with Gasteiger partial charge in [0.05, 0.1) is 18.7 Å². The molecule has 0 bridgehead atoms. The number of rotatable bonds is 4. The Bertz CT molecular complexity index is 461. The van der Waals surface area contributed by atoms with Crippen molar-refractivity contribution in [3.63, 3.8) is 0 Å². The second kappa shape index (κ2) is 7.43. The van der Waals surface area contributed by atoms with Crippen LogP contribution in [0.5, 0.6) is 5.75 Å². The van der Waals surface area contributed by atoms with Crippen molar-refractivity contribution in [3.8, 4) is 5.75 Å². The van der Waals surface area contributed by atoms with Crippen LogP contribution in [0.25, 0.3) is 0 Å². The van der Waals surface area contributed by atoms with Gasteiger partial charge in [-0.3, -0.25) is 4.79 Å². The summed E-state index contributed by atoms with van der Waals surface area (Å²) in [7, 11) is 0. The number of nitrogens with zero attached hydrogens (tertiary/aromatic N) is 1. The van der Waals surface area contributed by atoms with Crippen LogP contribution in [-0.4, -0.2) is 46.3 Å². The molecular formula is C16H24N2O3. The maximum Gasteiger partial charge on any atom is 0.240 e. The molecule has 1 aromatic carbocycles. The minimum Gasteiger partial charge on any atom is -0.508 e. The molecular weight excluding hydrogens is 268 g/mol.